The second-order valence-corrected chi connectivity index (χ2v) is 4.54. The molecular weight excluding hydrogens is 204 g/mol. The normalized spacial score (nSPS) is 10.5. The summed E-state index contributed by atoms with van der Waals surface area (Å²) in [7, 11) is 0. The molecule has 0 radical (unpaired) electrons. The van der Waals surface area contributed by atoms with E-state index in [0.717, 1.165) is 18.7 Å². The molecule has 3 heteroatoms. The Bertz CT molecular complexity index is 431. The Morgan fingerprint density at radius 1 is 1.27 bits per heavy atom. The van der Waals surface area contributed by atoms with E-state index in [2.05, 4.69) is 47.3 Å². The van der Waals surface area contributed by atoms with Crippen molar-refractivity contribution >= 4 is 11.3 Å². The van der Waals surface area contributed by atoms with E-state index in [1.54, 1.807) is 11.3 Å². The van der Waals surface area contributed by atoms with Crippen LogP contribution in [0.1, 0.15) is 10.6 Å². The van der Waals surface area contributed by atoms with E-state index < -0.39 is 0 Å². The van der Waals surface area contributed by atoms with Crippen molar-refractivity contribution in [2.24, 2.45) is 0 Å². The van der Waals surface area contributed by atoms with Crippen LogP contribution in [0.25, 0.3) is 11.3 Å². The first-order chi connectivity index (χ1) is 7.29. The first-order valence-electron chi connectivity index (χ1n) is 5.10. The summed E-state index contributed by atoms with van der Waals surface area (Å²) in [6.07, 6.45) is 0.983. The Kier molecular flexibility index (Phi) is 3.14. The molecule has 0 saturated carbocycles. The number of hydrogen-bond acceptors (Lipinski definition) is 2. The molecule has 0 unspecified atom stereocenters. The minimum absolute atomic E-state index is 0.918. The smallest absolute Gasteiger partial charge is 0.0988 e. The van der Waals surface area contributed by atoms with Crippen molar-refractivity contribution < 1.29 is 5.73 Å². The molecule has 78 valence electrons. The summed E-state index contributed by atoms with van der Waals surface area (Å²) in [4.78, 5) is 4.58. The van der Waals surface area contributed by atoms with Crippen LogP contribution in [0.3, 0.4) is 0 Å². The van der Waals surface area contributed by atoms with E-state index in [-0.39, 0.29) is 0 Å². The summed E-state index contributed by atoms with van der Waals surface area (Å²) in [6.45, 7) is 3.01. The number of aryl methyl sites for hydroxylation is 1. The standard InChI is InChI=1S/C12H14N2S/c1-9-2-4-10(5-3-9)11-8-15-12(14-11)6-7-13/h2-5,8H,6-7,13H2,1H3/p+1. The largest absolute Gasteiger partial charge is 0.357 e. The van der Waals surface area contributed by atoms with E-state index in [0.29, 0.717) is 0 Å². The van der Waals surface area contributed by atoms with Crippen LogP contribution in [0.15, 0.2) is 29.6 Å². The monoisotopic (exact) mass is 219 g/mol. The topological polar surface area (TPSA) is 40.5 Å². The van der Waals surface area contributed by atoms with Gasteiger partial charge in [0, 0.05) is 17.4 Å². The minimum atomic E-state index is 0.918. The highest BCUT2D eigenvalue weighted by atomic mass is 32.1. The van der Waals surface area contributed by atoms with Gasteiger partial charge in [0.1, 0.15) is 0 Å². The fraction of sp³-hybridized carbons (Fsp3) is 0.250. The average molecular weight is 219 g/mol. The number of hydrogen-bond donors (Lipinski definition) is 1. The molecule has 0 amide bonds. The van der Waals surface area contributed by atoms with Crippen molar-refractivity contribution in [1.82, 2.24) is 4.98 Å². The van der Waals surface area contributed by atoms with Crippen molar-refractivity contribution in [3.63, 3.8) is 0 Å². The Labute approximate surface area is 93.8 Å². The Morgan fingerprint density at radius 3 is 2.67 bits per heavy atom. The first kappa shape index (κ1) is 10.3. The highest BCUT2D eigenvalue weighted by Crippen LogP contribution is 2.22. The average Bonchev–Trinajstić information content (AvgIpc) is 2.68. The van der Waals surface area contributed by atoms with E-state index in [1.807, 2.05) is 0 Å². The molecule has 0 fully saturated rings. The molecule has 0 saturated heterocycles. The van der Waals surface area contributed by atoms with E-state index in [1.165, 1.54) is 16.1 Å². The van der Waals surface area contributed by atoms with Gasteiger partial charge in [-0.3, -0.25) is 0 Å². The fourth-order valence-electron chi connectivity index (χ4n) is 1.43. The summed E-state index contributed by atoms with van der Waals surface area (Å²) in [6, 6.07) is 8.49. The van der Waals surface area contributed by atoms with Crippen LogP contribution in [0, 0.1) is 6.92 Å². The maximum Gasteiger partial charge on any atom is 0.0988 e. The lowest BCUT2D eigenvalue weighted by atomic mass is 10.1. The van der Waals surface area contributed by atoms with Gasteiger partial charge in [0.05, 0.1) is 17.2 Å². The zero-order chi connectivity index (χ0) is 10.7. The summed E-state index contributed by atoms with van der Waals surface area (Å²) < 4.78 is 0. The quantitative estimate of drug-likeness (QED) is 0.841. The number of benzene rings is 1. The van der Waals surface area contributed by atoms with Crippen molar-refractivity contribution in [1.29, 1.82) is 0 Å². The number of nitrogens with zero attached hydrogens (tertiary/aromatic N) is 1. The van der Waals surface area contributed by atoms with E-state index in [9.17, 15) is 0 Å². The van der Waals surface area contributed by atoms with Crippen molar-refractivity contribution in [3.05, 3.63) is 40.2 Å². The van der Waals surface area contributed by atoms with Crippen LogP contribution in [0.5, 0.6) is 0 Å². The van der Waals surface area contributed by atoms with E-state index >= 15 is 0 Å². The Balaban J connectivity index is 2.25. The lowest BCUT2D eigenvalue weighted by molar-refractivity contribution is -0.366. The third-order valence-electron chi connectivity index (χ3n) is 2.29. The van der Waals surface area contributed by atoms with Crippen LogP contribution < -0.4 is 5.73 Å². The summed E-state index contributed by atoms with van der Waals surface area (Å²) in [5.41, 5.74) is 7.41. The molecule has 0 aliphatic heterocycles. The molecule has 0 atom stereocenters. The predicted molar refractivity (Wildman–Crippen MR) is 63.7 cm³/mol. The zero-order valence-corrected chi connectivity index (χ0v) is 9.68. The van der Waals surface area contributed by atoms with Crippen LogP contribution in [0.2, 0.25) is 0 Å². The van der Waals surface area contributed by atoms with Gasteiger partial charge < -0.3 is 5.73 Å². The van der Waals surface area contributed by atoms with Gasteiger partial charge >= 0.3 is 0 Å². The lowest BCUT2D eigenvalue weighted by Crippen LogP contribution is -2.51. The van der Waals surface area contributed by atoms with E-state index in [4.69, 9.17) is 0 Å². The fourth-order valence-corrected chi connectivity index (χ4v) is 2.28. The highest BCUT2D eigenvalue weighted by Gasteiger charge is 2.03. The van der Waals surface area contributed by atoms with Gasteiger partial charge in [-0.1, -0.05) is 29.8 Å². The van der Waals surface area contributed by atoms with Gasteiger partial charge in [-0.15, -0.1) is 11.3 Å². The van der Waals surface area contributed by atoms with Crippen molar-refractivity contribution in [2.75, 3.05) is 6.54 Å². The van der Waals surface area contributed by atoms with Gasteiger partial charge in [-0.25, -0.2) is 4.98 Å². The molecule has 2 aromatic rings. The first-order valence-corrected chi connectivity index (χ1v) is 5.98. The molecule has 0 bridgehead atoms. The Morgan fingerprint density at radius 2 is 2.00 bits per heavy atom. The van der Waals surface area contributed by atoms with Gasteiger partial charge in [0.25, 0.3) is 0 Å². The van der Waals surface area contributed by atoms with Crippen LogP contribution in [-0.4, -0.2) is 11.5 Å². The maximum atomic E-state index is 4.58. The molecular formula is C12H15N2S+. The summed E-state index contributed by atoms with van der Waals surface area (Å²) in [5.74, 6) is 0. The zero-order valence-electron chi connectivity index (χ0n) is 8.86. The molecule has 2 nitrogen and oxygen atoms in total. The SMILES string of the molecule is Cc1ccc(-c2csc(CC[NH3+])n2)cc1. The summed E-state index contributed by atoms with van der Waals surface area (Å²) in [5, 5.41) is 3.30. The van der Waals surface area contributed by atoms with Gasteiger partial charge in [0.15, 0.2) is 0 Å². The van der Waals surface area contributed by atoms with Gasteiger partial charge in [0.2, 0.25) is 0 Å². The third-order valence-corrected chi connectivity index (χ3v) is 3.20. The number of quaternary nitrogens is 1. The molecule has 1 aromatic heterocycles. The third kappa shape index (κ3) is 2.43. The van der Waals surface area contributed by atoms with Crippen LogP contribution in [0.4, 0.5) is 0 Å². The van der Waals surface area contributed by atoms with Gasteiger partial charge in [-0.2, -0.15) is 0 Å². The predicted octanol–water partition coefficient (Wildman–Crippen LogP) is 1.90. The molecule has 1 heterocycles. The van der Waals surface area contributed by atoms with Crippen LogP contribution >= 0.6 is 11.3 Å². The highest BCUT2D eigenvalue weighted by molar-refractivity contribution is 7.09. The molecule has 0 aliphatic carbocycles. The number of thiazole rings is 1. The van der Waals surface area contributed by atoms with Crippen LogP contribution in [-0.2, 0) is 6.42 Å². The maximum absolute atomic E-state index is 4.58. The number of aromatic nitrogens is 1. The number of rotatable bonds is 3. The molecule has 3 N–H and O–H groups in total. The summed E-state index contributed by atoms with van der Waals surface area (Å²) >= 11 is 1.72. The minimum Gasteiger partial charge on any atom is -0.357 e. The molecule has 2 rings (SSSR count). The molecule has 0 spiro atoms. The molecule has 0 aliphatic rings. The lowest BCUT2D eigenvalue weighted by Gasteiger charge is -1.96. The Hall–Kier alpha value is -1.19. The van der Waals surface area contributed by atoms with Gasteiger partial charge in [-0.05, 0) is 6.92 Å². The molecule has 15 heavy (non-hydrogen) atoms. The van der Waals surface area contributed by atoms with Crippen molar-refractivity contribution in [3.8, 4) is 11.3 Å². The second-order valence-electron chi connectivity index (χ2n) is 3.60. The second kappa shape index (κ2) is 4.55. The van der Waals surface area contributed by atoms with Crippen molar-refractivity contribution in [2.45, 2.75) is 13.3 Å². The molecule has 1 aromatic carbocycles.